The summed E-state index contributed by atoms with van der Waals surface area (Å²) in [5.41, 5.74) is 0. The average Bonchev–Trinajstić information content (AvgIpc) is 2.22. The number of halogens is 1. The molecule has 0 radical (unpaired) electrons. The molecule has 2 unspecified atom stereocenters. The Kier molecular flexibility index (Phi) is 9.00. The maximum atomic E-state index is 3.54. The van der Waals surface area contributed by atoms with Crippen molar-refractivity contribution < 1.29 is 0 Å². The molecule has 0 amide bonds. The van der Waals surface area contributed by atoms with Crippen molar-refractivity contribution in [3.8, 4) is 0 Å². The van der Waals surface area contributed by atoms with Gasteiger partial charge in [-0.15, -0.1) is 0 Å². The number of hydrogen-bond donors (Lipinski definition) is 0. The third kappa shape index (κ3) is 6.02. The lowest BCUT2D eigenvalue weighted by atomic mass is 9.98. The first-order chi connectivity index (χ1) is 6.65. The largest absolute Gasteiger partial charge is 0.303 e. The van der Waals surface area contributed by atoms with Gasteiger partial charge in [-0.1, -0.05) is 49.0 Å². The van der Waals surface area contributed by atoms with Gasteiger partial charge in [-0.25, -0.2) is 0 Å². The zero-order valence-electron chi connectivity index (χ0n) is 10.2. The molecule has 1 nitrogen and oxygen atoms in total. The van der Waals surface area contributed by atoms with E-state index < -0.39 is 0 Å². The SMILES string of the molecule is CCCCC(CC)CN(C)C(C)CBr. The maximum Gasteiger partial charge on any atom is 0.0185 e. The van der Waals surface area contributed by atoms with E-state index in [4.69, 9.17) is 0 Å². The van der Waals surface area contributed by atoms with E-state index in [0.717, 1.165) is 11.2 Å². The molecule has 0 N–H and O–H groups in total. The van der Waals surface area contributed by atoms with E-state index in [1.165, 1.54) is 32.2 Å². The lowest BCUT2D eigenvalue weighted by molar-refractivity contribution is 0.222. The van der Waals surface area contributed by atoms with Crippen LogP contribution in [0.4, 0.5) is 0 Å². The van der Waals surface area contributed by atoms with Crippen LogP contribution >= 0.6 is 15.9 Å². The number of nitrogens with zero attached hydrogens (tertiary/aromatic N) is 1. The van der Waals surface area contributed by atoms with Gasteiger partial charge >= 0.3 is 0 Å². The van der Waals surface area contributed by atoms with Crippen LogP contribution in [0, 0.1) is 5.92 Å². The van der Waals surface area contributed by atoms with E-state index in [1.54, 1.807) is 0 Å². The highest BCUT2D eigenvalue weighted by atomic mass is 79.9. The topological polar surface area (TPSA) is 3.24 Å². The fourth-order valence-corrected chi connectivity index (χ4v) is 2.12. The van der Waals surface area contributed by atoms with Crippen LogP contribution in [-0.4, -0.2) is 29.9 Å². The molecular formula is C12H26BrN. The molecule has 0 aromatic carbocycles. The molecule has 0 aromatic rings. The lowest BCUT2D eigenvalue weighted by Crippen LogP contribution is -2.34. The Labute approximate surface area is 98.4 Å². The molecule has 0 saturated heterocycles. The molecule has 0 aliphatic rings. The minimum Gasteiger partial charge on any atom is -0.303 e. The highest BCUT2D eigenvalue weighted by Gasteiger charge is 2.13. The summed E-state index contributed by atoms with van der Waals surface area (Å²) in [5, 5.41) is 1.08. The average molecular weight is 264 g/mol. The van der Waals surface area contributed by atoms with Crippen LogP contribution in [0.5, 0.6) is 0 Å². The molecule has 2 atom stereocenters. The highest BCUT2D eigenvalue weighted by molar-refractivity contribution is 9.09. The Morgan fingerprint density at radius 2 is 1.93 bits per heavy atom. The van der Waals surface area contributed by atoms with Crippen LogP contribution in [0.15, 0.2) is 0 Å². The van der Waals surface area contributed by atoms with Crippen LogP contribution in [-0.2, 0) is 0 Å². The van der Waals surface area contributed by atoms with Gasteiger partial charge < -0.3 is 4.90 Å². The molecule has 0 aliphatic carbocycles. The van der Waals surface area contributed by atoms with E-state index in [2.05, 4.69) is 48.6 Å². The molecule has 0 rings (SSSR count). The molecule has 14 heavy (non-hydrogen) atoms. The second-order valence-electron chi connectivity index (χ2n) is 4.36. The Hall–Kier alpha value is 0.440. The summed E-state index contributed by atoms with van der Waals surface area (Å²) in [7, 11) is 2.24. The molecule has 86 valence electrons. The van der Waals surface area contributed by atoms with Gasteiger partial charge in [0.2, 0.25) is 0 Å². The zero-order valence-corrected chi connectivity index (χ0v) is 11.8. The lowest BCUT2D eigenvalue weighted by Gasteiger charge is -2.27. The van der Waals surface area contributed by atoms with Crippen LogP contribution in [0.3, 0.4) is 0 Å². The highest BCUT2D eigenvalue weighted by Crippen LogP contribution is 2.15. The summed E-state index contributed by atoms with van der Waals surface area (Å²) < 4.78 is 0. The Bertz CT molecular complexity index is 127. The molecule has 2 heteroatoms. The predicted molar refractivity (Wildman–Crippen MR) is 69.2 cm³/mol. The van der Waals surface area contributed by atoms with Crippen molar-refractivity contribution in [1.82, 2.24) is 4.90 Å². The van der Waals surface area contributed by atoms with Crippen molar-refractivity contribution in [2.24, 2.45) is 5.92 Å². The van der Waals surface area contributed by atoms with Crippen molar-refractivity contribution in [3.63, 3.8) is 0 Å². The summed E-state index contributed by atoms with van der Waals surface area (Å²) in [6.45, 7) is 8.12. The number of hydrogen-bond acceptors (Lipinski definition) is 1. The third-order valence-electron chi connectivity index (χ3n) is 3.07. The maximum absolute atomic E-state index is 3.54. The van der Waals surface area contributed by atoms with Crippen LogP contribution in [0.1, 0.15) is 46.5 Å². The predicted octanol–water partition coefficient (Wildman–Crippen LogP) is 3.92. The molecule has 0 fully saturated rings. The molecule has 0 bridgehead atoms. The Morgan fingerprint density at radius 1 is 1.29 bits per heavy atom. The van der Waals surface area contributed by atoms with E-state index >= 15 is 0 Å². The molecule has 0 spiro atoms. The first-order valence-corrected chi connectivity index (χ1v) is 7.03. The molecule has 0 heterocycles. The first kappa shape index (κ1) is 14.4. The fourth-order valence-electron chi connectivity index (χ4n) is 1.62. The monoisotopic (exact) mass is 263 g/mol. The van der Waals surface area contributed by atoms with Gasteiger partial charge in [0.25, 0.3) is 0 Å². The van der Waals surface area contributed by atoms with E-state index in [-0.39, 0.29) is 0 Å². The first-order valence-electron chi connectivity index (χ1n) is 5.91. The van der Waals surface area contributed by atoms with Crippen LogP contribution in [0.2, 0.25) is 0 Å². The van der Waals surface area contributed by atoms with Crippen molar-refractivity contribution in [3.05, 3.63) is 0 Å². The standard InChI is InChI=1S/C12H26BrN/c1-5-7-8-12(6-2)10-14(4)11(3)9-13/h11-12H,5-10H2,1-4H3. The van der Waals surface area contributed by atoms with Crippen molar-refractivity contribution >= 4 is 15.9 Å². The van der Waals surface area contributed by atoms with E-state index in [9.17, 15) is 0 Å². The van der Waals surface area contributed by atoms with Crippen LogP contribution in [0.25, 0.3) is 0 Å². The number of alkyl halides is 1. The fraction of sp³-hybridized carbons (Fsp3) is 1.00. The Morgan fingerprint density at radius 3 is 2.36 bits per heavy atom. The van der Waals surface area contributed by atoms with Gasteiger partial charge in [-0.05, 0) is 26.3 Å². The van der Waals surface area contributed by atoms with Gasteiger partial charge in [-0.3, -0.25) is 0 Å². The summed E-state index contributed by atoms with van der Waals surface area (Å²) in [4.78, 5) is 2.47. The number of unbranched alkanes of at least 4 members (excludes halogenated alkanes) is 1. The van der Waals surface area contributed by atoms with E-state index in [1.807, 2.05) is 0 Å². The van der Waals surface area contributed by atoms with Crippen molar-refractivity contribution in [2.75, 3.05) is 18.9 Å². The Balaban J connectivity index is 3.79. The third-order valence-corrected chi connectivity index (χ3v) is 4.00. The summed E-state index contributed by atoms with van der Waals surface area (Å²) in [6, 6.07) is 0.658. The van der Waals surface area contributed by atoms with Crippen molar-refractivity contribution in [1.29, 1.82) is 0 Å². The molecule has 0 aliphatic heterocycles. The van der Waals surface area contributed by atoms with Gasteiger partial charge in [0.15, 0.2) is 0 Å². The minimum absolute atomic E-state index is 0.658. The van der Waals surface area contributed by atoms with Crippen molar-refractivity contribution in [2.45, 2.75) is 52.5 Å². The smallest absolute Gasteiger partial charge is 0.0185 e. The van der Waals surface area contributed by atoms with E-state index in [0.29, 0.717) is 6.04 Å². The molecular weight excluding hydrogens is 238 g/mol. The van der Waals surface area contributed by atoms with Gasteiger partial charge in [0.1, 0.15) is 0 Å². The second kappa shape index (κ2) is 8.72. The zero-order chi connectivity index (χ0) is 11.0. The summed E-state index contributed by atoms with van der Waals surface area (Å²) >= 11 is 3.54. The normalized spacial score (nSPS) is 15.9. The molecule has 0 aromatic heterocycles. The summed E-state index contributed by atoms with van der Waals surface area (Å²) in [5.74, 6) is 0.890. The summed E-state index contributed by atoms with van der Waals surface area (Å²) in [6.07, 6.45) is 5.43. The second-order valence-corrected chi connectivity index (χ2v) is 5.01. The minimum atomic E-state index is 0.658. The van der Waals surface area contributed by atoms with Gasteiger partial charge in [0.05, 0.1) is 0 Å². The quantitative estimate of drug-likeness (QED) is 0.601. The van der Waals surface area contributed by atoms with Crippen LogP contribution < -0.4 is 0 Å². The number of rotatable bonds is 8. The van der Waals surface area contributed by atoms with Gasteiger partial charge in [-0.2, -0.15) is 0 Å². The molecule has 0 saturated carbocycles. The van der Waals surface area contributed by atoms with Gasteiger partial charge in [0, 0.05) is 17.9 Å².